The minimum Gasteiger partial charge on any atom is -0.490 e. The number of anilines is 3. The monoisotopic (exact) mass is 751 g/mol. The van der Waals surface area contributed by atoms with Crippen molar-refractivity contribution >= 4 is 57.5 Å². The lowest BCUT2D eigenvalue weighted by Crippen LogP contribution is -2.40. The minimum atomic E-state index is -4.74. The molecule has 54 heavy (non-hydrogen) atoms. The van der Waals surface area contributed by atoms with Gasteiger partial charge in [0.15, 0.2) is 11.3 Å². The minimum absolute atomic E-state index is 0.0622. The van der Waals surface area contributed by atoms with E-state index in [2.05, 4.69) is 35.8 Å². The van der Waals surface area contributed by atoms with Crippen molar-refractivity contribution in [2.24, 2.45) is 0 Å². The zero-order valence-corrected chi connectivity index (χ0v) is 29.6. The van der Waals surface area contributed by atoms with Crippen LogP contribution in [-0.2, 0) is 10.9 Å². The fourth-order valence-electron chi connectivity index (χ4n) is 6.32. The van der Waals surface area contributed by atoms with Gasteiger partial charge in [0.25, 0.3) is 0 Å². The highest BCUT2D eigenvalue weighted by atomic mass is 19.4. The van der Waals surface area contributed by atoms with Crippen LogP contribution in [0.25, 0.3) is 33.2 Å². The molecule has 7 rings (SSSR count). The molecule has 0 spiro atoms. The third-order valence-corrected chi connectivity index (χ3v) is 8.96. The smallest absolute Gasteiger partial charge is 0.425 e. The van der Waals surface area contributed by atoms with Crippen LogP contribution >= 0.6 is 0 Å². The van der Waals surface area contributed by atoms with E-state index in [1.54, 1.807) is 33.0 Å². The quantitative estimate of drug-likeness (QED) is 0.148. The molecule has 0 radical (unpaired) electrons. The molecule has 284 valence electrons. The highest BCUT2D eigenvalue weighted by Crippen LogP contribution is 2.45. The van der Waals surface area contributed by atoms with E-state index in [0.717, 1.165) is 25.2 Å². The molecule has 0 unspecified atom stereocenters. The molecule has 3 N–H and O–H groups in total. The van der Waals surface area contributed by atoms with E-state index in [9.17, 15) is 32.7 Å². The summed E-state index contributed by atoms with van der Waals surface area (Å²) in [6.45, 7) is 6.21. The second kappa shape index (κ2) is 13.8. The number of nitrogens with zero attached hydrogens (tertiary/aromatic N) is 7. The Hall–Kier alpha value is -5.98. The summed E-state index contributed by atoms with van der Waals surface area (Å²) in [6.07, 6.45) is -2.14. The fourth-order valence-corrected chi connectivity index (χ4v) is 6.32. The van der Waals surface area contributed by atoms with Gasteiger partial charge in [0.2, 0.25) is 0 Å². The number of benzene rings is 2. The number of ether oxygens (including phenoxy) is 2. The van der Waals surface area contributed by atoms with E-state index in [4.69, 9.17) is 14.1 Å². The summed E-state index contributed by atoms with van der Waals surface area (Å²) >= 11 is 0. The van der Waals surface area contributed by atoms with Gasteiger partial charge in [-0.15, -0.1) is 0 Å². The number of halogens is 3. The maximum atomic E-state index is 14.1. The van der Waals surface area contributed by atoms with Crippen LogP contribution in [0.5, 0.6) is 5.75 Å². The van der Waals surface area contributed by atoms with Gasteiger partial charge in [-0.05, 0) is 94.1 Å². The number of rotatable bonds is 7. The number of aromatic nitrogens is 5. The largest absolute Gasteiger partial charge is 0.490 e. The first kappa shape index (κ1) is 36.4. The molecule has 2 fully saturated rings. The van der Waals surface area contributed by atoms with Crippen molar-refractivity contribution in [2.75, 3.05) is 35.7 Å². The highest BCUT2D eigenvalue weighted by molar-refractivity contribution is 6.17. The van der Waals surface area contributed by atoms with E-state index >= 15 is 0 Å². The molecular weight excluding hydrogens is 715 g/mol. The van der Waals surface area contributed by atoms with Crippen molar-refractivity contribution in [1.29, 1.82) is 0 Å². The lowest BCUT2D eigenvalue weighted by Gasteiger charge is -2.30. The lowest BCUT2D eigenvalue weighted by atomic mass is 10.0. The number of carbonyl (C=O) groups excluding carboxylic acids is 2. The molecule has 1 saturated heterocycles. The van der Waals surface area contributed by atoms with Crippen molar-refractivity contribution in [3.8, 4) is 16.9 Å². The average molecular weight is 752 g/mol. The van der Waals surface area contributed by atoms with E-state index in [-0.39, 0.29) is 51.5 Å². The first-order valence-electron chi connectivity index (χ1n) is 17.1. The van der Waals surface area contributed by atoms with Crippen molar-refractivity contribution in [2.45, 2.75) is 70.4 Å². The van der Waals surface area contributed by atoms with E-state index in [1.165, 1.54) is 18.2 Å². The van der Waals surface area contributed by atoms with Crippen LogP contribution in [0, 0.1) is 0 Å². The molecule has 4 heterocycles. The number of carbonyl (C=O) groups is 3. The highest BCUT2D eigenvalue weighted by Gasteiger charge is 2.37. The predicted octanol–water partition coefficient (Wildman–Crippen LogP) is 7.52. The molecule has 4 amide bonds. The number of likely N-dealkylation sites (tertiary alicyclic amines) is 1. The summed E-state index contributed by atoms with van der Waals surface area (Å²) in [4.78, 5) is 50.0. The summed E-state index contributed by atoms with van der Waals surface area (Å²) in [5.74, 6) is -0.563. The van der Waals surface area contributed by atoms with Crippen LogP contribution in [0.15, 0.2) is 47.5 Å². The Morgan fingerprint density at radius 3 is 2.35 bits per heavy atom. The number of hydrogen-bond acceptors (Lipinski definition) is 11. The van der Waals surface area contributed by atoms with Crippen molar-refractivity contribution in [3.05, 3.63) is 48.4 Å². The number of fused-ring (bicyclic) bond motifs is 2. The third kappa shape index (κ3) is 7.43. The van der Waals surface area contributed by atoms with Crippen molar-refractivity contribution in [3.63, 3.8) is 0 Å². The van der Waals surface area contributed by atoms with Crippen LogP contribution in [0.1, 0.15) is 58.1 Å². The first-order chi connectivity index (χ1) is 25.6. The van der Waals surface area contributed by atoms with Gasteiger partial charge in [-0.2, -0.15) is 18.1 Å². The van der Waals surface area contributed by atoms with Crippen LogP contribution in [0.4, 0.5) is 44.7 Å². The van der Waals surface area contributed by atoms with Gasteiger partial charge in [0, 0.05) is 42.1 Å². The normalized spacial score (nSPS) is 15.7. The Balaban J connectivity index is 1.19. The molecule has 2 aliphatic rings. The fraction of sp³-hybridized carbons (Fsp3) is 0.400. The summed E-state index contributed by atoms with van der Waals surface area (Å²) in [5.41, 5.74) is -0.710. The molecular formula is C35H36F3N9O7. The van der Waals surface area contributed by atoms with Crippen LogP contribution in [-0.4, -0.2) is 84.9 Å². The number of imide groups is 1. The number of hydrogen-bond donors (Lipinski definition) is 3. The average Bonchev–Trinajstić information content (AvgIpc) is 3.67. The molecule has 0 bridgehead atoms. The number of carboxylic acid groups (broad SMARTS) is 1. The third-order valence-electron chi connectivity index (χ3n) is 8.96. The molecule has 1 saturated carbocycles. The zero-order chi connectivity index (χ0) is 38.5. The Labute approximate surface area is 305 Å². The van der Waals surface area contributed by atoms with Crippen LogP contribution in [0.2, 0.25) is 0 Å². The van der Waals surface area contributed by atoms with E-state index in [0.29, 0.717) is 47.6 Å². The van der Waals surface area contributed by atoms with Gasteiger partial charge >= 0.3 is 24.4 Å². The Kier molecular flexibility index (Phi) is 9.28. The van der Waals surface area contributed by atoms with Gasteiger partial charge in [-0.3, -0.25) is 0 Å². The Morgan fingerprint density at radius 1 is 0.963 bits per heavy atom. The molecule has 1 aliphatic heterocycles. The molecule has 5 aromatic rings. The predicted molar refractivity (Wildman–Crippen MR) is 189 cm³/mol. The SMILES string of the molecule is CN1CCC(Oc2ccc(NC(=O)Nc3ccc(-c4cn(C5CC5)c5ncnc(N(C(=O)O)C(=O)OC(C)(C)C)c45)c4nonc34)cc2C(F)(F)F)CC1. The van der Waals surface area contributed by atoms with Crippen LogP contribution in [0.3, 0.4) is 0 Å². The Bertz CT molecular complexity index is 2250. The zero-order valence-electron chi connectivity index (χ0n) is 29.6. The number of amides is 4. The van der Waals surface area contributed by atoms with E-state index < -0.39 is 35.6 Å². The Morgan fingerprint density at radius 2 is 1.69 bits per heavy atom. The van der Waals surface area contributed by atoms with Crippen molar-refractivity contribution in [1.82, 2.24) is 29.7 Å². The molecule has 19 heteroatoms. The topological polar surface area (TPSA) is 190 Å². The summed E-state index contributed by atoms with van der Waals surface area (Å²) in [6, 6.07) is 5.56. The number of urea groups is 1. The van der Waals surface area contributed by atoms with Gasteiger partial charge in [-0.1, -0.05) is 0 Å². The van der Waals surface area contributed by atoms with Crippen molar-refractivity contribution < 1.29 is 46.8 Å². The number of alkyl halides is 3. The molecule has 3 aromatic heterocycles. The second-order valence-corrected chi connectivity index (χ2v) is 14.2. The van der Waals surface area contributed by atoms with Gasteiger partial charge in [0.1, 0.15) is 34.9 Å². The summed E-state index contributed by atoms with van der Waals surface area (Å²) < 4.78 is 60.4. The number of nitrogens with one attached hydrogen (secondary N) is 2. The molecule has 1 aliphatic carbocycles. The standard InChI is InChI=1S/C35H36F3N9O7/c1-34(2,3)53-33(51)47(32(49)50)30-26-22(16-46(19-6-7-19)29(26)39-17-40-30)21-8-9-24(28-27(21)43-54-44-28)42-31(48)41-18-5-10-25(23(15-18)35(36,37)38)52-20-11-13-45(4)14-12-20/h5,8-10,15-17,19-20H,6-7,11-14H2,1-4H3,(H,49,50)(H2,41,42,48). The summed E-state index contributed by atoms with van der Waals surface area (Å²) in [7, 11) is 1.94. The van der Waals surface area contributed by atoms with E-state index in [1.807, 2.05) is 11.6 Å². The maximum absolute atomic E-state index is 14.1. The number of piperidine rings is 1. The maximum Gasteiger partial charge on any atom is 0.425 e. The molecule has 16 nitrogen and oxygen atoms in total. The van der Waals surface area contributed by atoms with Gasteiger partial charge in [0.05, 0.1) is 16.6 Å². The van der Waals surface area contributed by atoms with Gasteiger partial charge in [-0.25, -0.2) is 29.0 Å². The summed E-state index contributed by atoms with van der Waals surface area (Å²) in [5, 5.41) is 23.4. The molecule has 0 atom stereocenters. The first-order valence-corrected chi connectivity index (χ1v) is 17.1. The molecule has 2 aromatic carbocycles. The van der Waals surface area contributed by atoms with Gasteiger partial charge < -0.3 is 34.7 Å². The van der Waals surface area contributed by atoms with Crippen LogP contribution < -0.4 is 20.3 Å². The second-order valence-electron chi connectivity index (χ2n) is 14.2. The lowest BCUT2D eigenvalue weighted by molar-refractivity contribution is -0.139.